The Morgan fingerprint density at radius 3 is 2.83 bits per heavy atom. The first kappa shape index (κ1) is 11.5. The summed E-state index contributed by atoms with van der Waals surface area (Å²) in [5, 5.41) is 0.843. The van der Waals surface area contributed by atoms with Crippen LogP contribution < -0.4 is 5.73 Å². The van der Waals surface area contributed by atoms with Gasteiger partial charge in [-0.1, -0.05) is 18.2 Å². The number of aromatic nitrogens is 1. The van der Waals surface area contributed by atoms with Crippen molar-refractivity contribution >= 4 is 39.9 Å². The molecule has 0 aliphatic rings. The van der Waals surface area contributed by atoms with Crippen molar-refractivity contribution in [3.05, 3.63) is 42.3 Å². The Balaban J connectivity index is 2.38. The first-order valence-electron chi connectivity index (χ1n) is 5.28. The van der Waals surface area contributed by atoms with Gasteiger partial charge in [0.25, 0.3) is 0 Å². The van der Waals surface area contributed by atoms with Crippen molar-refractivity contribution in [3.8, 4) is 11.1 Å². The molecule has 2 heterocycles. The Morgan fingerprint density at radius 2 is 2.06 bits per heavy atom. The van der Waals surface area contributed by atoms with E-state index < -0.39 is 0 Å². The number of hydrogen-bond donors (Lipinski definition) is 2. The fourth-order valence-electron chi connectivity index (χ4n) is 1.91. The van der Waals surface area contributed by atoms with Crippen molar-refractivity contribution in [2.45, 2.75) is 4.21 Å². The molecule has 3 aromatic rings. The second kappa shape index (κ2) is 4.26. The summed E-state index contributed by atoms with van der Waals surface area (Å²) in [4.78, 5) is 5.05. The molecule has 0 aliphatic heterocycles. The van der Waals surface area contributed by atoms with Crippen LogP contribution in [-0.2, 0) is 0 Å². The highest BCUT2D eigenvalue weighted by molar-refractivity contribution is 7.83. The van der Waals surface area contributed by atoms with Crippen LogP contribution in [-0.4, -0.2) is 4.98 Å². The van der Waals surface area contributed by atoms with Crippen LogP contribution >= 0.6 is 24.0 Å². The molecule has 18 heavy (non-hydrogen) atoms. The molecule has 2 aromatic heterocycles. The summed E-state index contributed by atoms with van der Waals surface area (Å²) in [6.07, 6.45) is 1.59. The van der Waals surface area contributed by atoms with Gasteiger partial charge in [0, 0.05) is 16.5 Å². The van der Waals surface area contributed by atoms with Crippen LogP contribution in [0.4, 0.5) is 10.1 Å². The second-order valence-electron chi connectivity index (χ2n) is 3.88. The fraction of sp³-hybridized carbons (Fsp3) is 0. The van der Waals surface area contributed by atoms with E-state index in [1.807, 2.05) is 0 Å². The van der Waals surface area contributed by atoms with Gasteiger partial charge in [0.1, 0.15) is 10.6 Å². The van der Waals surface area contributed by atoms with E-state index in [4.69, 9.17) is 5.73 Å². The molecule has 0 spiro atoms. The van der Waals surface area contributed by atoms with Crippen molar-refractivity contribution in [1.29, 1.82) is 0 Å². The average molecular weight is 276 g/mol. The largest absolute Gasteiger partial charge is 0.397 e. The van der Waals surface area contributed by atoms with Crippen molar-refractivity contribution in [2.75, 3.05) is 5.73 Å². The molecule has 90 valence electrons. The molecule has 0 amide bonds. The van der Waals surface area contributed by atoms with Gasteiger partial charge in [0.2, 0.25) is 0 Å². The van der Waals surface area contributed by atoms with Gasteiger partial charge in [-0.15, -0.1) is 24.0 Å². The number of nitrogens with zero attached hydrogens (tertiary/aromatic N) is 1. The van der Waals surface area contributed by atoms with Gasteiger partial charge in [-0.05, 0) is 12.1 Å². The second-order valence-corrected chi connectivity index (χ2v) is 5.63. The smallest absolute Gasteiger partial charge is 0.131 e. The number of pyridine rings is 1. The zero-order valence-corrected chi connectivity index (χ0v) is 10.9. The van der Waals surface area contributed by atoms with E-state index in [2.05, 4.69) is 17.6 Å². The zero-order chi connectivity index (χ0) is 12.7. The highest BCUT2D eigenvalue weighted by Gasteiger charge is 2.15. The van der Waals surface area contributed by atoms with Gasteiger partial charge < -0.3 is 5.73 Å². The highest BCUT2D eigenvalue weighted by Crippen LogP contribution is 2.41. The number of anilines is 1. The predicted octanol–water partition coefficient (Wildman–Crippen LogP) is 3.97. The van der Waals surface area contributed by atoms with E-state index in [9.17, 15) is 4.39 Å². The van der Waals surface area contributed by atoms with E-state index in [1.165, 1.54) is 17.4 Å². The third-order valence-electron chi connectivity index (χ3n) is 2.69. The summed E-state index contributed by atoms with van der Waals surface area (Å²) in [6.45, 7) is 0. The number of rotatable bonds is 1. The van der Waals surface area contributed by atoms with E-state index in [1.54, 1.807) is 30.5 Å². The molecule has 0 unspecified atom stereocenters. The van der Waals surface area contributed by atoms with Crippen LogP contribution in [0.5, 0.6) is 0 Å². The number of hydrogen-bond acceptors (Lipinski definition) is 4. The third kappa shape index (κ3) is 1.76. The van der Waals surface area contributed by atoms with Crippen molar-refractivity contribution in [2.24, 2.45) is 0 Å². The predicted molar refractivity (Wildman–Crippen MR) is 76.7 cm³/mol. The van der Waals surface area contributed by atoms with E-state index in [0.29, 0.717) is 11.3 Å². The molecule has 5 heteroatoms. The molecule has 0 radical (unpaired) electrons. The quantitative estimate of drug-likeness (QED) is 0.660. The fourth-order valence-corrected chi connectivity index (χ4v) is 3.29. The standard InChI is InChI=1S/C13H9FN2S2/c14-10-4-2-1-3-8(10)11-9-5-7(15)6-16-12(9)18-13(11)17/h1-6,17H,15H2. The van der Waals surface area contributed by atoms with E-state index >= 15 is 0 Å². The number of benzene rings is 1. The molecule has 1 aromatic carbocycles. The molecule has 0 atom stereocenters. The third-order valence-corrected chi connectivity index (χ3v) is 4.11. The van der Waals surface area contributed by atoms with Gasteiger partial charge in [0.15, 0.2) is 0 Å². The summed E-state index contributed by atoms with van der Waals surface area (Å²) >= 11 is 5.84. The normalized spacial score (nSPS) is 11.0. The molecule has 0 fully saturated rings. The lowest BCUT2D eigenvalue weighted by Crippen LogP contribution is -1.87. The van der Waals surface area contributed by atoms with Crippen LogP contribution in [0, 0.1) is 5.82 Å². The average Bonchev–Trinajstić information content (AvgIpc) is 2.66. The van der Waals surface area contributed by atoms with Gasteiger partial charge >= 0.3 is 0 Å². The number of fused-ring (bicyclic) bond motifs is 1. The Morgan fingerprint density at radius 1 is 1.28 bits per heavy atom. The molecule has 3 rings (SSSR count). The molecule has 0 saturated heterocycles. The Bertz CT molecular complexity index is 737. The first-order chi connectivity index (χ1) is 8.66. The van der Waals surface area contributed by atoms with E-state index in [-0.39, 0.29) is 5.82 Å². The molecular weight excluding hydrogens is 267 g/mol. The van der Waals surface area contributed by atoms with Crippen LogP contribution in [0.1, 0.15) is 0 Å². The van der Waals surface area contributed by atoms with Gasteiger partial charge in [0.05, 0.1) is 16.1 Å². The Hall–Kier alpha value is -1.59. The number of halogens is 1. The topological polar surface area (TPSA) is 38.9 Å². The Labute approximate surface area is 113 Å². The number of nitrogens with two attached hydrogens (primary N) is 1. The maximum atomic E-state index is 13.9. The Kier molecular flexibility index (Phi) is 2.72. The van der Waals surface area contributed by atoms with Gasteiger partial charge in [-0.25, -0.2) is 9.37 Å². The molecule has 0 bridgehead atoms. The molecular formula is C13H9FN2S2. The maximum Gasteiger partial charge on any atom is 0.131 e. The minimum Gasteiger partial charge on any atom is -0.397 e. The SMILES string of the molecule is Nc1cnc2sc(S)c(-c3ccccc3F)c2c1. The minimum atomic E-state index is -0.269. The summed E-state index contributed by atoms with van der Waals surface area (Å²) in [6, 6.07) is 8.44. The zero-order valence-electron chi connectivity index (χ0n) is 9.22. The minimum absolute atomic E-state index is 0.269. The van der Waals surface area contributed by atoms with Crippen molar-refractivity contribution in [3.63, 3.8) is 0 Å². The van der Waals surface area contributed by atoms with Gasteiger partial charge in [-0.2, -0.15) is 0 Å². The van der Waals surface area contributed by atoms with E-state index in [0.717, 1.165) is 20.0 Å². The number of thiophene rings is 1. The van der Waals surface area contributed by atoms with Crippen LogP contribution in [0.2, 0.25) is 0 Å². The lowest BCUT2D eigenvalue weighted by Gasteiger charge is -2.03. The molecule has 2 N–H and O–H groups in total. The molecule has 0 aliphatic carbocycles. The molecule has 0 saturated carbocycles. The highest BCUT2D eigenvalue weighted by atomic mass is 32.2. The monoisotopic (exact) mass is 276 g/mol. The lowest BCUT2D eigenvalue weighted by molar-refractivity contribution is 0.631. The maximum absolute atomic E-state index is 13.9. The summed E-state index contributed by atoms with van der Waals surface area (Å²) in [5.41, 5.74) is 7.59. The van der Waals surface area contributed by atoms with Crippen molar-refractivity contribution in [1.82, 2.24) is 4.98 Å². The number of thiol groups is 1. The van der Waals surface area contributed by atoms with Crippen molar-refractivity contribution < 1.29 is 4.39 Å². The van der Waals surface area contributed by atoms with Crippen LogP contribution in [0.15, 0.2) is 40.7 Å². The molecule has 2 nitrogen and oxygen atoms in total. The number of nitrogen functional groups attached to an aromatic ring is 1. The van der Waals surface area contributed by atoms with Crippen LogP contribution in [0.3, 0.4) is 0 Å². The summed E-state index contributed by atoms with van der Waals surface area (Å²) in [5.74, 6) is -0.269. The first-order valence-corrected chi connectivity index (χ1v) is 6.55. The van der Waals surface area contributed by atoms with Gasteiger partial charge in [-0.3, -0.25) is 0 Å². The van der Waals surface area contributed by atoms with Crippen LogP contribution in [0.25, 0.3) is 21.3 Å². The summed E-state index contributed by atoms with van der Waals surface area (Å²) < 4.78 is 14.6. The lowest BCUT2D eigenvalue weighted by atomic mass is 10.1. The summed E-state index contributed by atoms with van der Waals surface area (Å²) in [7, 11) is 0.